The Bertz CT molecular complexity index is 1240. The summed E-state index contributed by atoms with van der Waals surface area (Å²) < 4.78 is 0. The first-order valence-electron chi connectivity index (χ1n) is 9.44. The summed E-state index contributed by atoms with van der Waals surface area (Å²) in [5.41, 5.74) is 3.08. The first-order chi connectivity index (χ1) is 14.8. The van der Waals surface area contributed by atoms with E-state index in [0.29, 0.717) is 15.7 Å². The summed E-state index contributed by atoms with van der Waals surface area (Å²) in [5.74, 6) is -0.406. The molecule has 0 fully saturated rings. The molecule has 0 spiro atoms. The van der Waals surface area contributed by atoms with E-state index in [-0.39, 0.29) is 24.2 Å². The van der Waals surface area contributed by atoms with Crippen molar-refractivity contribution in [2.75, 3.05) is 10.6 Å². The molecule has 4 rings (SSSR count). The largest absolute Gasteiger partial charge is 0.324 e. The molecule has 0 radical (unpaired) electrons. The molecule has 8 nitrogen and oxygen atoms in total. The van der Waals surface area contributed by atoms with E-state index in [0.717, 1.165) is 22.2 Å². The molecule has 10 heteroatoms. The number of aliphatic imine (C=N–C) groups is 1. The number of fused-ring (bicyclic) bond motifs is 1. The molecular weight excluding hydrogens is 439 g/mol. The number of anilines is 2. The van der Waals surface area contributed by atoms with E-state index >= 15 is 0 Å². The van der Waals surface area contributed by atoms with Crippen LogP contribution in [-0.2, 0) is 9.59 Å². The van der Waals surface area contributed by atoms with Crippen LogP contribution in [0.25, 0.3) is 10.9 Å². The predicted octanol–water partition coefficient (Wildman–Crippen LogP) is 3.85. The molecule has 1 atom stereocenters. The number of benzene rings is 2. The number of carbonyl (C=O) groups excluding carboxylic acids is 2. The van der Waals surface area contributed by atoms with E-state index in [4.69, 9.17) is 23.2 Å². The smallest absolute Gasteiger partial charge is 0.249 e. The maximum atomic E-state index is 12.6. The first kappa shape index (κ1) is 21.0. The average Bonchev–Trinajstić information content (AvgIpc) is 2.70. The van der Waals surface area contributed by atoms with Gasteiger partial charge in [-0.25, -0.2) is 15.0 Å². The van der Waals surface area contributed by atoms with Gasteiger partial charge in [-0.1, -0.05) is 35.3 Å². The topological polar surface area (TPSA) is 108 Å². The van der Waals surface area contributed by atoms with Crippen molar-refractivity contribution in [3.8, 4) is 0 Å². The molecule has 2 heterocycles. The van der Waals surface area contributed by atoms with Crippen molar-refractivity contribution in [1.29, 1.82) is 0 Å². The van der Waals surface area contributed by atoms with Crippen LogP contribution in [0.2, 0.25) is 10.0 Å². The molecular formula is C21H18Cl2N6O2. The van der Waals surface area contributed by atoms with Crippen molar-refractivity contribution >= 4 is 63.5 Å². The summed E-state index contributed by atoms with van der Waals surface area (Å²) in [6.45, 7) is 3.85. The second kappa shape index (κ2) is 8.49. The molecule has 0 unspecified atom stereocenters. The van der Waals surface area contributed by atoms with E-state index in [9.17, 15) is 9.59 Å². The number of aryl methyl sites for hydroxylation is 2. The van der Waals surface area contributed by atoms with E-state index in [2.05, 4.69) is 30.9 Å². The Labute approximate surface area is 188 Å². The molecule has 3 aromatic rings. The third-order valence-corrected chi connectivity index (χ3v) is 5.42. The average molecular weight is 457 g/mol. The molecule has 158 valence electrons. The molecule has 0 aliphatic carbocycles. The van der Waals surface area contributed by atoms with E-state index in [1.807, 2.05) is 32.0 Å². The fraction of sp³-hybridized carbons (Fsp3) is 0.190. The van der Waals surface area contributed by atoms with Crippen LogP contribution < -0.4 is 16.0 Å². The van der Waals surface area contributed by atoms with Crippen LogP contribution in [0.4, 0.5) is 11.6 Å². The fourth-order valence-corrected chi connectivity index (χ4v) is 3.46. The Balaban J connectivity index is 1.55. The number of carbonyl (C=O) groups is 2. The highest BCUT2D eigenvalue weighted by atomic mass is 35.5. The number of rotatable bonds is 3. The molecule has 1 aliphatic heterocycles. The molecule has 0 saturated carbocycles. The number of nitrogens with zero attached hydrogens (tertiary/aromatic N) is 3. The van der Waals surface area contributed by atoms with Gasteiger partial charge in [-0.05, 0) is 43.7 Å². The summed E-state index contributed by atoms with van der Waals surface area (Å²) in [5, 5.41) is 9.84. The highest BCUT2D eigenvalue weighted by Gasteiger charge is 2.27. The normalized spacial score (nSPS) is 15.9. The maximum Gasteiger partial charge on any atom is 0.249 e. The van der Waals surface area contributed by atoms with Crippen molar-refractivity contribution in [2.24, 2.45) is 4.99 Å². The zero-order valence-corrected chi connectivity index (χ0v) is 18.2. The minimum Gasteiger partial charge on any atom is -0.324 e. The zero-order valence-electron chi connectivity index (χ0n) is 16.7. The molecule has 1 aromatic heterocycles. The number of aromatic nitrogens is 2. The number of guanidine groups is 1. The zero-order chi connectivity index (χ0) is 22.1. The van der Waals surface area contributed by atoms with Crippen LogP contribution in [0.5, 0.6) is 0 Å². The van der Waals surface area contributed by atoms with Gasteiger partial charge in [0.2, 0.25) is 23.7 Å². The van der Waals surface area contributed by atoms with E-state index < -0.39 is 11.9 Å². The number of hydrogen-bond donors (Lipinski definition) is 3. The van der Waals surface area contributed by atoms with Gasteiger partial charge in [-0.3, -0.25) is 20.2 Å². The van der Waals surface area contributed by atoms with Crippen LogP contribution in [0, 0.1) is 13.8 Å². The van der Waals surface area contributed by atoms with Crippen LogP contribution in [-0.4, -0.2) is 33.8 Å². The van der Waals surface area contributed by atoms with Gasteiger partial charge in [0.25, 0.3) is 0 Å². The van der Waals surface area contributed by atoms with Crippen molar-refractivity contribution in [3.63, 3.8) is 0 Å². The number of amides is 2. The van der Waals surface area contributed by atoms with E-state index in [1.165, 1.54) is 6.07 Å². The highest BCUT2D eigenvalue weighted by Crippen LogP contribution is 2.25. The molecule has 2 amide bonds. The van der Waals surface area contributed by atoms with Crippen molar-refractivity contribution in [3.05, 3.63) is 57.7 Å². The summed E-state index contributed by atoms with van der Waals surface area (Å²) in [6, 6.07) is 9.71. The lowest BCUT2D eigenvalue weighted by atomic mass is 10.1. The Hall–Kier alpha value is -3.23. The van der Waals surface area contributed by atoms with Crippen molar-refractivity contribution in [2.45, 2.75) is 26.3 Å². The second-order valence-corrected chi connectivity index (χ2v) is 7.96. The lowest BCUT2D eigenvalue weighted by Crippen LogP contribution is -2.46. The molecule has 0 bridgehead atoms. The Morgan fingerprint density at radius 1 is 1.10 bits per heavy atom. The summed E-state index contributed by atoms with van der Waals surface area (Å²) in [7, 11) is 0. The predicted molar refractivity (Wildman–Crippen MR) is 122 cm³/mol. The van der Waals surface area contributed by atoms with Crippen LogP contribution in [0.1, 0.15) is 17.7 Å². The Kier molecular flexibility index (Phi) is 5.75. The van der Waals surface area contributed by atoms with Gasteiger partial charge in [0, 0.05) is 11.1 Å². The molecule has 2 aromatic carbocycles. The highest BCUT2D eigenvalue weighted by molar-refractivity contribution is 6.42. The van der Waals surface area contributed by atoms with Gasteiger partial charge >= 0.3 is 0 Å². The quantitative estimate of drug-likeness (QED) is 0.554. The Morgan fingerprint density at radius 3 is 2.68 bits per heavy atom. The van der Waals surface area contributed by atoms with Gasteiger partial charge in [0.1, 0.15) is 6.04 Å². The number of halogens is 2. The van der Waals surface area contributed by atoms with Gasteiger partial charge < -0.3 is 5.32 Å². The second-order valence-electron chi connectivity index (χ2n) is 7.14. The third-order valence-electron chi connectivity index (χ3n) is 4.68. The van der Waals surface area contributed by atoms with Gasteiger partial charge in [-0.2, -0.15) is 0 Å². The number of hydrogen-bond acceptors (Lipinski definition) is 6. The minimum atomic E-state index is -0.922. The molecule has 3 N–H and O–H groups in total. The molecule has 31 heavy (non-hydrogen) atoms. The first-order valence-corrected chi connectivity index (χ1v) is 10.2. The lowest BCUT2D eigenvalue weighted by Gasteiger charge is -2.21. The third kappa shape index (κ3) is 4.76. The SMILES string of the molecule is Cc1ccc2c(C)nc(NC3=N[C@H](C(=O)Nc4ccc(Cl)c(Cl)c4)CC(=O)N3)nc2c1. The standard InChI is InChI=1S/C21H18Cl2N6O2/c1-10-3-5-13-11(2)24-20(26-16(13)7-10)29-21-27-17(9-18(30)28-21)19(31)25-12-4-6-14(22)15(23)8-12/h3-8,17H,9H2,1-2H3,(H,25,31)(H2,24,26,27,28,29,30)/t17-/m0/s1. The summed E-state index contributed by atoms with van der Waals surface area (Å²) >= 11 is 11.9. The maximum absolute atomic E-state index is 12.6. The van der Waals surface area contributed by atoms with Crippen molar-refractivity contribution in [1.82, 2.24) is 15.3 Å². The van der Waals surface area contributed by atoms with Crippen LogP contribution in [0.15, 0.2) is 41.4 Å². The minimum absolute atomic E-state index is 0.0882. The summed E-state index contributed by atoms with van der Waals surface area (Å²) in [6.07, 6.45) is -0.0882. The number of nitrogens with one attached hydrogen (secondary N) is 3. The lowest BCUT2D eigenvalue weighted by molar-refractivity contribution is -0.124. The summed E-state index contributed by atoms with van der Waals surface area (Å²) in [4.78, 5) is 38.0. The van der Waals surface area contributed by atoms with E-state index in [1.54, 1.807) is 12.1 Å². The molecule has 0 saturated heterocycles. The van der Waals surface area contributed by atoms with Crippen molar-refractivity contribution < 1.29 is 9.59 Å². The van der Waals surface area contributed by atoms with Crippen LogP contribution >= 0.6 is 23.2 Å². The fourth-order valence-electron chi connectivity index (χ4n) is 3.17. The van der Waals surface area contributed by atoms with Gasteiger partial charge in [0.05, 0.1) is 27.7 Å². The monoisotopic (exact) mass is 456 g/mol. The molecule has 1 aliphatic rings. The Morgan fingerprint density at radius 2 is 1.90 bits per heavy atom. The van der Waals surface area contributed by atoms with Gasteiger partial charge in [0.15, 0.2) is 0 Å². The van der Waals surface area contributed by atoms with Crippen LogP contribution in [0.3, 0.4) is 0 Å². The van der Waals surface area contributed by atoms with Gasteiger partial charge in [-0.15, -0.1) is 0 Å².